The second-order valence-electron chi connectivity index (χ2n) is 4.99. The summed E-state index contributed by atoms with van der Waals surface area (Å²) in [6.45, 7) is 0.763. The van der Waals surface area contributed by atoms with Gasteiger partial charge in [0.2, 0.25) is 0 Å². The first-order chi connectivity index (χ1) is 8.66. The van der Waals surface area contributed by atoms with Crippen LogP contribution in [0.25, 0.3) is 0 Å². The fourth-order valence-electron chi connectivity index (χ4n) is 2.69. The Morgan fingerprint density at radius 3 is 3.06 bits per heavy atom. The van der Waals surface area contributed by atoms with Gasteiger partial charge >= 0.3 is 12.0 Å². The van der Waals surface area contributed by atoms with Crippen molar-refractivity contribution in [2.75, 3.05) is 12.3 Å². The summed E-state index contributed by atoms with van der Waals surface area (Å²) in [4.78, 5) is 21.9. The van der Waals surface area contributed by atoms with Crippen LogP contribution in [0.15, 0.2) is 0 Å². The largest absolute Gasteiger partial charge is 0.481 e. The summed E-state index contributed by atoms with van der Waals surface area (Å²) in [5.41, 5.74) is 0. The van der Waals surface area contributed by atoms with Gasteiger partial charge in [0.25, 0.3) is 0 Å². The van der Waals surface area contributed by atoms with Gasteiger partial charge in [-0.05, 0) is 30.9 Å². The van der Waals surface area contributed by atoms with E-state index in [-0.39, 0.29) is 18.5 Å². The standard InChI is InChI=1S/C12H20N2O3S/c15-10(16)4-2-1-3-9-11-8(7-18-9)5-6-13-12(17)14-11/h8-9,11H,1-7H2,(H,15,16)(H2,13,14,17)/t8-,9?,11-/m0/s1. The van der Waals surface area contributed by atoms with Gasteiger partial charge in [0, 0.05) is 24.3 Å². The molecule has 0 aliphatic carbocycles. The van der Waals surface area contributed by atoms with Crippen LogP contribution in [0.5, 0.6) is 0 Å². The van der Waals surface area contributed by atoms with Crippen molar-refractivity contribution in [3.63, 3.8) is 0 Å². The van der Waals surface area contributed by atoms with Gasteiger partial charge in [-0.2, -0.15) is 11.8 Å². The molecule has 6 heteroatoms. The summed E-state index contributed by atoms with van der Waals surface area (Å²) >= 11 is 1.93. The number of carboxylic acid groups (broad SMARTS) is 1. The summed E-state index contributed by atoms with van der Waals surface area (Å²) in [6, 6.07) is 0.211. The topological polar surface area (TPSA) is 78.4 Å². The van der Waals surface area contributed by atoms with Crippen LogP contribution in [-0.4, -0.2) is 40.7 Å². The van der Waals surface area contributed by atoms with Crippen molar-refractivity contribution in [1.29, 1.82) is 0 Å². The molecule has 18 heavy (non-hydrogen) atoms. The Hall–Kier alpha value is -0.910. The van der Waals surface area contributed by atoms with E-state index in [9.17, 15) is 9.59 Å². The lowest BCUT2D eigenvalue weighted by atomic mass is 9.94. The number of thioether (sulfide) groups is 1. The van der Waals surface area contributed by atoms with Crippen LogP contribution in [0.2, 0.25) is 0 Å². The van der Waals surface area contributed by atoms with Crippen molar-refractivity contribution < 1.29 is 14.7 Å². The molecule has 102 valence electrons. The lowest BCUT2D eigenvalue weighted by Crippen LogP contribution is -2.44. The first-order valence-corrected chi connectivity index (χ1v) is 7.59. The fourth-order valence-corrected chi connectivity index (χ4v) is 4.39. The molecule has 2 amide bonds. The molecule has 2 aliphatic rings. The average molecular weight is 272 g/mol. The molecule has 2 rings (SSSR count). The van der Waals surface area contributed by atoms with Gasteiger partial charge in [-0.1, -0.05) is 6.42 Å². The maximum atomic E-state index is 11.5. The van der Waals surface area contributed by atoms with E-state index in [1.165, 1.54) is 0 Å². The van der Waals surface area contributed by atoms with E-state index >= 15 is 0 Å². The fraction of sp³-hybridized carbons (Fsp3) is 0.833. The maximum absolute atomic E-state index is 11.5. The zero-order valence-electron chi connectivity index (χ0n) is 10.4. The van der Waals surface area contributed by atoms with Crippen LogP contribution < -0.4 is 10.6 Å². The first kappa shape index (κ1) is 13.5. The Balaban J connectivity index is 1.78. The predicted octanol–water partition coefficient (Wildman–Crippen LogP) is 1.43. The number of nitrogens with one attached hydrogen (secondary N) is 2. The van der Waals surface area contributed by atoms with Crippen molar-refractivity contribution in [2.24, 2.45) is 5.92 Å². The van der Waals surface area contributed by atoms with Crippen LogP contribution in [0.3, 0.4) is 0 Å². The van der Waals surface area contributed by atoms with E-state index < -0.39 is 5.97 Å². The Morgan fingerprint density at radius 1 is 1.44 bits per heavy atom. The quantitative estimate of drug-likeness (QED) is 0.662. The van der Waals surface area contributed by atoms with E-state index in [1.807, 2.05) is 11.8 Å². The minimum absolute atomic E-state index is 0.0551. The van der Waals surface area contributed by atoms with Crippen LogP contribution in [0.4, 0.5) is 4.79 Å². The molecule has 3 N–H and O–H groups in total. The number of fused-ring (bicyclic) bond motifs is 1. The number of unbranched alkanes of at least 4 members (excludes halogenated alkanes) is 1. The molecule has 0 saturated carbocycles. The lowest BCUT2D eigenvalue weighted by Gasteiger charge is -2.22. The van der Waals surface area contributed by atoms with Crippen molar-refractivity contribution in [3.05, 3.63) is 0 Å². The van der Waals surface area contributed by atoms with E-state index in [0.717, 1.165) is 38.0 Å². The lowest BCUT2D eigenvalue weighted by molar-refractivity contribution is -0.137. The Kier molecular flexibility index (Phi) is 4.74. The zero-order chi connectivity index (χ0) is 13.0. The third-order valence-corrected chi connectivity index (χ3v) is 5.24. The smallest absolute Gasteiger partial charge is 0.315 e. The van der Waals surface area contributed by atoms with Gasteiger partial charge in [-0.25, -0.2) is 4.79 Å². The van der Waals surface area contributed by atoms with Gasteiger partial charge in [0.1, 0.15) is 0 Å². The van der Waals surface area contributed by atoms with Crippen molar-refractivity contribution in [1.82, 2.24) is 10.6 Å². The van der Waals surface area contributed by atoms with Gasteiger partial charge in [-0.3, -0.25) is 4.79 Å². The Labute approximate surface area is 111 Å². The van der Waals surface area contributed by atoms with Crippen LogP contribution in [0, 0.1) is 5.92 Å². The molecule has 2 saturated heterocycles. The predicted molar refractivity (Wildman–Crippen MR) is 70.8 cm³/mol. The number of hydrogen-bond donors (Lipinski definition) is 3. The Morgan fingerprint density at radius 2 is 2.28 bits per heavy atom. The van der Waals surface area contributed by atoms with E-state index in [0.29, 0.717) is 11.2 Å². The molecule has 5 nitrogen and oxygen atoms in total. The monoisotopic (exact) mass is 272 g/mol. The molecule has 0 aromatic carbocycles. The molecular formula is C12H20N2O3S. The highest BCUT2D eigenvalue weighted by Crippen LogP contribution is 2.37. The Bertz CT molecular complexity index is 324. The van der Waals surface area contributed by atoms with E-state index in [1.54, 1.807) is 0 Å². The number of carbonyl (C=O) groups is 2. The maximum Gasteiger partial charge on any atom is 0.315 e. The molecule has 0 spiro atoms. The molecule has 0 aromatic rings. The van der Waals surface area contributed by atoms with Gasteiger partial charge in [0.05, 0.1) is 0 Å². The number of urea groups is 1. The summed E-state index contributed by atoms with van der Waals surface area (Å²) in [6.07, 6.45) is 3.95. The number of amides is 2. The number of carboxylic acids is 1. The zero-order valence-corrected chi connectivity index (χ0v) is 11.2. The highest BCUT2D eigenvalue weighted by molar-refractivity contribution is 8.00. The molecule has 2 heterocycles. The van der Waals surface area contributed by atoms with Crippen molar-refractivity contribution >= 4 is 23.8 Å². The van der Waals surface area contributed by atoms with Gasteiger partial charge in [0.15, 0.2) is 0 Å². The third-order valence-electron chi connectivity index (χ3n) is 3.66. The third kappa shape index (κ3) is 3.54. The molecule has 2 aliphatic heterocycles. The second-order valence-corrected chi connectivity index (χ2v) is 6.26. The summed E-state index contributed by atoms with van der Waals surface area (Å²) in [5.74, 6) is 0.952. The number of aliphatic carboxylic acids is 1. The molecular weight excluding hydrogens is 252 g/mol. The first-order valence-electron chi connectivity index (χ1n) is 6.54. The molecule has 0 radical (unpaired) electrons. The highest BCUT2D eigenvalue weighted by Gasteiger charge is 2.38. The normalized spacial score (nSPS) is 31.1. The minimum atomic E-state index is -0.723. The van der Waals surface area contributed by atoms with Crippen LogP contribution in [-0.2, 0) is 4.79 Å². The minimum Gasteiger partial charge on any atom is -0.481 e. The number of rotatable bonds is 5. The van der Waals surface area contributed by atoms with Crippen molar-refractivity contribution in [3.8, 4) is 0 Å². The average Bonchev–Trinajstić information content (AvgIpc) is 2.57. The highest BCUT2D eigenvalue weighted by atomic mass is 32.2. The van der Waals surface area contributed by atoms with Crippen molar-refractivity contribution in [2.45, 2.75) is 43.4 Å². The molecule has 0 bridgehead atoms. The van der Waals surface area contributed by atoms with Crippen LogP contribution in [0.1, 0.15) is 32.1 Å². The molecule has 1 unspecified atom stereocenters. The van der Waals surface area contributed by atoms with E-state index in [4.69, 9.17) is 5.11 Å². The van der Waals surface area contributed by atoms with Crippen LogP contribution >= 0.6 is 11.8 Å². The molecule has 2 fully saturated rings. The number of hydrogen-bond acceptors (Lipinski definition) is 3. The summed E-state index contributed by atoms with van der Waals surface area (Å²) in [5, 5.41) is 14.9. The molecule has 0 aromatic heterocycles. The second kappa shape index (κ2) is 6.31. The van der Waals surface area contributed by atoms with E-state index in [2.05, 4.69) is 10.6 Å². The summed E-state index contributed by atoms with van der Waals surface area (Å²) < 4.78 is 0. The molecule has 3 atom stereocenters. The van der Waals surface area contributed by atoms with Gasteiger partial charge < -0.3 is 15.7 Å². The number of carbonyl (C=O) groups excluding carboxylic acids is 1. The van der Waals surface area contributed by atoms with Gasteiger partial charge in [-0.15, -0.1) is 0 Å². The SMILES string of the molecule is O=C(O)CCCCC1SC[C@@H]2CCNC(=O)N[C@H]12. The summed E-state index contributed by atoms with van der Waals surface area (Å²) in [7, 11) is 0.